The smallest absolute Gasteiger partial charge is 0.341 e. The molecule has 250 valence electrons. The molecule has 0 aliphatic rings. The zero-order chi connectivity index (χ0) is 35.2. The number of aromatic nitrogens is 2. The third-order valence-electron chi connectivity index (χ3n) is 7.02. The van der Waals surface area contributed by atoms with Crippen molar-refractivity contribution in [1.82, 2.24) is 15.2 Å². The molecular weight excluding hydrogens is 647 g/mol. The van der Waals surface area contributed by atoms with Gasteiger partial charge in [0.1, 0.15) is 24.2 Å². The molecule has 0 spiro atoms. The average molecular weight is 673 g/mol. The summed E-state index contributed by atoms with van der Waals surface area (Å²) in [5, 5.41) is 49.5. The van der Waals surface area contributed by atoms with Crippen molar-refractivity contribution in [2.24, 2.45) is 5.28 Å². The summed E-state index contributed by atoms with van der Waals surface area (Å²) in [5.41, 5.74) is -0.427. The Labute approximate surface area is 274 Å². The number of rotatable bonds is 12. The van der Waals surface area contributed by atoms with Crippen LogP contribution >= 0.6 is 0 Å². The summed E-state index contributed by atoms with van der Waals surface area (Å²) in [6.45, 7) is -0.246. The van der Waals surface area contributed by atoms with Gasteiger partial charge in [-0.1, -0.05) is 36.4 Å². The standard InChI is InChI=1S/C31H25FN8O9/c1-37(2)40(47)36-49-29-15-26(27(38(43)44)16-28(29)39(45)46)33-20-10-7-18(8-11-20)17-48-31(42)23-13-19(9-12-24(23)32)14-25-21-5-3-4-6-22(21)30(41)35-34-25/h3-13,15-16,33H,14,17H2,1-2H3,(H,35,41)/b40-36-. The first-order valence-electron chi connectivity index (χ1n) is 14.2. The first kappa shape index (κ1) is 33.4. The molecule has 18 heteroatoms. The van der Waals surface area contributed by atoms with Crippen molar-refractivity contribution in [1.29, 1.82) is 0 Å². The lowest BCUT2D eigenvalue weighted by molar-refractivity contribution is -0.695. The number of carbonyl (C=O) groups is 1. The molecule has 0 atom stereocenters. The molecule has 1 aromatic heterocycles. The van der Waals surface area contributed by atoms with Crippen molar-refractivity contribution >= 4 is 39.5 Å². The molecule has 1 heterocycles. The highest BCUT2D eigenvalue weighted by atomic mass is 19.1. The molecule has 0 unspecified atom stereocenters. The summed E-state index contributed by atoms with van der Waals surface area (Å²) >= 11 is 0. The van der Waals surface area contributed by atoms with E-state index in [-0.39, 0.29) is 34.8 Å². The normalized spacial score (nSPS) is 11.2. The number of hydrazine groups is 1. The van der Waals surface area contributed by atoms with Gasteiger partial charge in [-0.2, -0.15) is 10.1 Å². The average Bonchev–Trinajstić information content (AvgIpc) is 3.08. The Balaban J connectivity index is 1.29. The maximum Gasteiger partial charge on any atom is 0.341 e. The Morgan fingerprint density at radius 3 is 2.29 bits per heavy atom. The van der Waals surface area contributed by atoms with Crippen LogP contribution in [0.5, 0.6) is 5.75 Å². The number of fused-ring (bicyclic) bond motifs is 1. The fourth-order valence-corrected chi connectivity index (χ4v) is 4.58. The molecule has 0 bridgehead atoms. The molecule has 0 amide bonds. The van der Waals surface area contributed by atoms with Gasteiger partial charge in [0.05, 0.1) is 45.6 Å². The number of benzene rings is 4. The van der Waals surface area contributed by atoms with Crippen molar-refractivity contribution in [3.63, 3.8) is 0 Å². The van der Waals surface area contributed by atoms with Crippen molar-refractivity contribution in [3.8, 4) is 5.75 Å². The topological polar surface area (TPSA) is 221 Å². The SMILES string of the molecule is CN(C)/[N+]([O-])=N/Oc1cc(Nc2ccc(COC(=O)c3cc(Cc4n[nH]c(=O)c5ccccc45)ccc3F)cc2)c([N+](=O)[O-])cc1[N+](=O)[O-]. The van der Waals surface area contributed by atoms with Crippen LogP contribution in [-0.4, -0.2) is 50.1 Å². The van der Waals surface area contributed by atoms with Gasteiger partial charge in [-0.15, -0.1) is 0 Å². The van der Waals surface area contributed by atoms with Crippen LogP contribution in [0.4, 0.5) is 27.1 Å². The molecule has 4 aromatic carbocycles. The molecule has 0 fully saturated rings. The summed E-state index contributed by atoms with van der Waals surface area (Å²) in [5.74, 6) is -2.26. The van der Waals surface area contributed by atoms with Crippen LogP contribution in [0.15, 0.2) is 88.9 Å². The zero-order valence-corrected chi connectivity index (χ0v) is 25.7. The van der Waals surface area contributed by atoms with Gasteiger partial charge in [-0.05, 0) is 41.5 Å². The predicted molar refractivity (Wildman–Crippen MR) is 171 cm³/mol. The number of ether oxygens (including phenoxy) is 1. The van der Waals surface area contributed by atoms with Crippen LogP contribution in [0.2, 0.25) is 0 Å². The number of nitro groups is 2. The quantitative estimate of drug-likeness (QED) is 0.0566. The monoisotopic (exact) mass is 672 g/mol. The maximum absolute atomic E-state index is 14.7. The molecular formula is C31H25FN8O9. The summed E-state index contributed by atoms with van der Waals surface area (Å²) in [6, 6.07) is 18.6. The van der Waals surface area contributed by atoms with Crippen LogP contribution in [0, 0.1) is 31.3 Å². The number of anilines is 2. The molecule has 0 radical (unpaired) electrons. The fourth-order valence-electron chi connectivity index (χ4n) is 4.58. The van der Waals surface area contributed by atoms with Crippen molar-refractivity contribution in [3.05, 3.63) is 143 Å². The largest absolute Gasteiger partial charge is 0.569 e. The summed E-state index contributed by atoms with van der Waals surface area (Å²) < 4.78 is 20.0. The lowest BCUT2D eigenvalue weighted by Crippen LogP contribution is -2.21. The number of H-pyrrole nitrogens is 1. The number of nitrogens with zero attached hydrogens (tertiary/aromatic N) is 6. The van der Waals surface area contributed by atoms with Gasteiger partial charge in [0.25, 0.3) is 11.2 Å². The first-order chi connectivity index (χ1) is 23.4. The van der Waals surface area contributed by atoms with Crippen molar-refractivity contribution in [2.75, 3.05) is 19.4 Å². The Kier molecular flexibility index (Phi) is 9.67. The van der Waals surface area contributed by atoms with E-state index in [0.29, 0.717) is 39.3 Å². The molecule has 49 heavy (non-hydrogen) atoms. The lowest BCUT2D eigenvalue weighted by atomic mass is 10.0. The Morgan fingerprint density at radius 2 is 1.61 bits per heavy atom. The van der Waals surface area contributed by atoms with Gasteiger partial charge in [0.15, 0.2) is 0 Å². The third kappa shape index (κ3) is 7.71. The minimum absolute atomic E-state index is 0.00269. The Bertz CT molecular complexity index is 2170. The van der Waals surface area contributed by atoms with Crippen LogP contribution < -0.4 is 15.7 Å². The van der Waals surface area contributed by atoms with E-state index in [9.17, 15) is 39.4 Å². The molecule has 0 saturated carbocycles. The Morgan fingerprint density at radius 1 is 0.939 bits per heavy atom. The number of hydrogen-bond acceptors (Lipinski definition) is 12. The van der Waals surface area contributed by atoms with Crippen molar-refractivity contribution in [2.45, 2.75) is 13.0 Å². The van der Waals surface area contributed by atoms with Gasteiger partial charge in [-0.25, -0.2) is 14.3 Å². The maximum atomic E-state index is 14.7. The van der Waals surface area contributed by atoms with Crippen LogP contribution in [0.3, 0.4) is 0 Å². The van der Waals surface area contributed by atoms with E-state index in [2.05, 4.69) is 20.8 Å². The summed E-state index contributed by atoms with van der Waals surface area (Å²) in [7, 11) is 2.69. The molecule has 5 aromatic rings. The number of aromatic amines is 1. The third-order valence-corrected chi connectivity index (χ3v) is 7.02. The van der Waals surface area contributed by atoms with Gasteiger partial charge in [0.2, 0.25) is 11.0 Å². The van der Waals surface area contributed by atoms with E-state index < -0.39 is 38.8 Å². The van der Waals surface area contributed by atoms with Gasteiger partial charge in [0, 0.05) is 23.6 Å². The molecule has 17 nitrogen and oxygen atoms in total. The highest BCUT2D eigenvalue weighted by molar-refractivity contribution is 5.90. The number of nitro benzene ring substituents is 2. The lowest BCUT2D eigenvalue weighted by Gasteiger charge is -2.11. The number of esters is 1. The second-order valence-corrected chi connectivity index (χ2v) is 10.6. The fraction of sp³-hybridized carbons (Fsp3) is 0.129. The molecule has 2 N–H and O–H groups in total. The van der Waals surface area contributed by atoms with E-state index in [1.54, 1.807) is 24.3 Å². The number of carbonyl (C=O) groups excluding carboxylic acids is 1. The second-order valence-electron chi connectivity index (χ2n) is 10.6. The van der Waals surface area contributed by atoms with E-state index >= 15 is 0 Å². The highest BCUT2D eigenvalue weighted by Crippen LogP contribution is 2.39. The predicted octanol–water partition coefficient (Wildman–Crippen LogP) is 5.30. The highest BCUT2D eigenvalue weighted by Gasteiger charge is 2.27. The van der Waals surface area contributed by atoms with Crippen molar-refractivity contribution < 1.29 is 33.6 Å². The van der Waals surface area contributed by atoms with Crippen LogP contribution in [0.1, 0.15) is 27.2 Å². The van der Waals surface area contributed by atoms with Gasteiger partial charge >= 0.3 is 11.7 Å². The second kappa shape index (κ2) is 14.2. The summed E-state index contributed by atoms with van der Waals surface area (Å²) in [4.78, 5) is 51.3. The Hall–Kier alpha value is -6.98. The number of halogens is 1. The molecule has 0 aliphatic carbocycles. The number of nitrogens with one attached hydrogen (secondary N) is 2. The van der Waals surface area contributed by atoms with Crippen LogP contribution in [-0.2, 0) is 17.8 Å². The number of hydrogen-bond donors (Lipinski definition) is 2. The molecule has 0 saturated heterocycles. The van der Waals surface area contributed by atoms with E-state index in [1.807, 2.05) is 0 Å². The minimum atomic E-state index is -0.925. The van der Waals surface area contributed by atoms with E-state index in [1.165, 1.54) is 50.5 Å². The van der Waals surface area contributed by atoms with Crippen LogP contribution in [0.25, 0.3) is 10.8 Å². The van der Waals surface area contributed by atoms with Gasteiger partial charge in [-0.3, -0.25) is 29.9 Å². The van der Waals surface area contributed by atoms with Gasteiger partial charge < -0.3 is 15.3 Å². The summed E-state index contributed by atoms with van der Waals surface area (Å²) in [6.07, 6.45) is 0.203. The molecule has 0 aliphatic heterocycles. The first-order valence-corrected chi connectivity index (χ1v) is 14.2. The van der Waals surface area contributed by atoms with E-state index in [4.69, 9.17) is 9.57 Å². The molecule has 5 rings (SSSR count). The van der Waals surface area contributed by atoms with E-state index in [0.717, 1.165) is 17.1 Å². The zero-order valence-electron chi connectivity index (χ0n) is 25.7. The minimum Gasteiger partial charge on any atom is -0.569 e.